The number of hydrogen-bond donors (Lipinski definition) is 3. The molecule has 3 N–H and O–H groups in total. The van der Waals surface area contributed by atoms with Gasteiger partial charge in [0.25, 0.3) is 5.91 Å². The number of aromatic hydroxyl groups is 1. The van der Waals surface area contributed by atoms with E-state index in [4.69, 9.17) is 0 Å². The van der Waals surface area contributed by atoms with E-state index >= 15 is 0 Å². The van der Waals surface area contributed by atoms with Gasteiger partial charge in [-0.1, -0.05) is 0 Å². The van der Waals surface area contributed by atoms with Crippen LogP contribution in [0.2, 0.25) is 0 Å². The second-order valence-electron chi connectivity index (χ2n) is 6.49. The predicted octanol–water partition coefficient (Wildman–Crippen LogP) is -2.31. The molecule has 2 rings (SSSR count). The molecule has 0 saturated carbocycles. The molecule has 0 aliphatic carbocycles. The van der Waals surface area contributed by atoms with Crippen LogP contribution in [0.5, 0.6) is 5.75 Å². The number of amides is 2. The first-order valence-electron chi connectivity index (χ1n) is 7.70. The Labute approximate surface area is 148 Å². The Morgan fingerprint density at radius 1 is 1.25 bits per heavy atom. The second-order valence-corrected chi connectivity index (χ2v) is 6.49. The van der Waals surface area contributed by atoms with Crippen molar-refractivity contribution in [3.63, 3.8) is 0 Å². The number of anilines is 2. The average Bonchev–Trinajstić information content (AvgIpc) is 2.45. The molecule has 1 aliphatic rings. The molecule has 0 radical (unpaired) electrons. The highest BCUT2D eigenvalue weighted by Crippen LogP contribution is 2.27. The second kappa shape index (κ2) is 8.32. The van der Waals surface area contributed by atoms with Crippen LogP contribution in [0.1, 0.15) is 6.92 Å². The van der Waals surface area contributed by atoms with Gasteiger partial charge in [-0.2, -0.15) is 0 Å². The lowest BCUT2D eigenvalue weighted by Crippen LogP contribution is -3.00. The van der Waals surface area contributed by atoms with Crippen molar-refractivity contribution in [2.75, 3.05) is 57.5 Å². The summed E-state index contributed by atoms with van der Waals surface area (Å²) in [5.74, 6) is -0.404. The van der Waals surface area contributed by atoms with Crippen LogP contribution < -0.4 is 23.0 Å². The summed E-state index contributed by atoms with van der Waals surface area (Å²) in [5.41, 5.74) is 0.843. The SMILES string of the molecule is CC(=O)Nc1ccc(NC(=O)C[N+]2(C)CCN(C)CC2)c(O)c1.[Cl-]. The summed E-state index contributed by atoms with van der Waals surface area (Å²) in [5, 5.41) is 15.3. The Morgan fingerprint density at radius 3 is 2.42 bits per heavy atom. The van der Waals surface area contributed by atoms with Crippen LogP contribution in [0.25, 0.3) is 0 Å². The minimum atomic E-state index is -0.214. The van der Waals surface area contributed by atoms with E-state index in [0.29, 0.717) is 22.4 Å². The molecule has 1 fully saturated rings. The molecule has 0 aromatic heterocycles. The van der Waals surface area contributed by atoms with E-state index in [-0.39, 0.29) is 30.0 Å². The van der Waals surface area contributed by atoms with Gasteiger partial charge in [0.05, 0.1) is 25.8 Å². The van der Waals surface area contributed by atoms with Crippen molar-refractivity contribution < 1.29 is 31.6 Å². The van der Waals surface area contributed by atoms with Crippen molar-refractivity contribution in [3.8, 4) is 5.75 Å². The number of rotatable bonds is 4. The van der Waals surface area contributed by atoms with Crippen LogP contribution in [-0.4, -0.2) is 73.1 Å². The zero-order chi connectivity index (χ0) is 17.0. The molecular formula is C16H25ClN4O3. The van der Waals surface area contributed by atoms with E-state index in [2.05, 4.69) is 29.6 Å². The zero-order valence-corrected chi connectivity index (χ0v) is 15.1. The van der Waals surface area contributed by atoms with Crippen LogP contribution >= 0.6 is 0 Å². The fourth-order valence-corrected chi connectivity index (χ4v) is 2.66. The largest absolute Gasteiger partial charge is 1.00 e. The van der Waals surface area contributed by atoms with E-state index in [1.54, 1.807) is 12.1 Å². The highest BCUT2D eigenvalue weighted by atomic mass is 35.5. The minimum absolute atomic E-state index is 0. The third-order valence-electron chi connectivity index (χ3n) is 4.16. The van der Waals surface area contributed by atoms with Gasteiger partial charge in [-0.25, -0.2) is 0 Å². The van der Waals surface area contributed by atoms with Gasteiger partial charge < -0.3 is 32.6 Å². The van der Waals surface area contributed by atoms with E-state index < -0.39 is 0 Å². The lowest BCUT2D eigenvalue weighted by atomic mass is 10.2. The molecular weight excluding hydrogens is 332 g/mol. The number of nitrogens with one attached hydrogen (secondary N) is 2. The summed E-state index contributed by atoms with van der Waals surface area (Å²) in [6.07, 6.45) is 0. The van der Waals surface area contributed by atoms with E-state index in [1.165, 1.54) is 13.0 Å². The van der Waals surface area contributed by atoms with Crippen LogP contribution in [0.15, 0.2) is 18.2 Å². The number of benzene rings is 1. The molecule has 1 aromatic carbocycles. The lowest BCUT2D eigenvalue weighted by molar-refractivity contribution is -0.905. The molecule has 1 aromatic rings. The van der Waals surface area contributed by atoms with Crippen LogP contribution in [-0.2, 0) is 9.59 Å². The van der Waals surface area contributed by atoms with Gasteiger partial charge in [0.2, 0.25) is 5.91 Å². The Kier molecular flexibility index (Phi) is 7.01. The van der Waals surface area contributed by atoms with Gasteiger partial charge in [0.1, 0.15) is 5.75 Å². The number of phenols is 1. The molecule has 8 heteroatoms. The maximum Gasteiger partial charge on any atom is 0.279 e. The lowest BCUT2D eigenvalue weighted by Gasteiger charge is -2.40. The van der Waals surface area contributed by atoms with Gasteiger partial charge in [-0.3, -0.25) is 14.5 Å². The standard InChI is InChI=1S/C16H24N4O3.ClH/c1-12(21)17-13-4-5-14(15(22)10-13)18-16(23)11-20(3)8-6-19(2)7-9-20;/h4-5,10H,6-9,11H2,1-3H3,(H2-,17,18,21,22,23);1H. The third kappa shape index (κ3) is 5.67. The molecule has 1 saturated heterocycles. The minimum Gasteiger partial charge on any atom is -1.00 e. The first-order chi connectivity index (χ1) is 10.8. The smallest absolute Gasteiger partial charge is 0.279 e. The Balaban J connectivity index is 0.00000288. The molecule has 1 aliphatic heterocycles. The zero-order valence-electron chi connectivity index (χ0n) is 14.3. The first kappa shape index (κ1) is 20.2. The highest BCUT2D eigenvalue weighted by molar-refractivity contribution is 5.94. The molecule has 24 heavy (non-hydrogen) atoms. The summed E-state index contributed by atoms with van der Waals surface area (Å²) in [6.45, 7) is 5.57. The van der Waals surface area contributed by atoms with Crippen LogP contribution in [0.3, 0.4) is 0 Å². The molecule has 0 atom stereocenters. The number of carbonyl (C=O) groups is 2. The first-order valence-corrected chi connectivity index (χ1v) is 7.70. The number of phenolic OH excluding ortho intramolecular Hbond substituents is 1. The number of nitrogens with zero attached hydrogens (tertiary/aromatic N) is 2. The monoisotopic (exact) mass is 356 g/mol. The van der Waals surface area contributed by atoms with E-state index in [1.807, 2.05) is 0 Å². The average molecular weight is 357 g/mol. The third-order valence-corrected chi connectivity index (χ3v) is 4.16. The molecule has 0 bridgehead atoms. The van der Waals surface area contributed by atoms with Gasteiger partial charge in [-0.05, 0) is 19.2 Å². The number of likely N-dealkylation sites (N-methyl/N-ethyl adjacent to an activating group) is 2. The quantitative estimate of drug-likeness (QED) is 0.418. The normalized spacial score (nSPS) is 16.8. The summed E-state index contributed by atoms with van der Waals surface area (Å²) in [6, 6.07) is 4.65. The van der Waals surface area contributed by atoms with Gasteiger partial charge in [0.15, 0.2) is 6.54 Å². The fourth-order valence-electron chi connectivity index (χ4n) is 2.66. The van der Waals surface area contributed by atoms with Crippen molar-refractivity contribution in [3.05, 3.63) is 18.2 Å². The number of halogens is 1. The molecule has 0 unspecified atom stereocenters. The van der Waals surface area contributed by atoms with Gasteiger partial charge in [0, 0.05) is 31.8 Å². The van der Waals surface area contributed by atoms with Crippen LogP contribution in [0, 0.1) is 0 Å². The number of carbonyl (C=O) groups excluding carboxylic acids is 2. The maximum atomic E-state index is 12.3. The number of quaternary nitrogens is 1. The summed E-state index contributed by atoms with van der Waals surface area (Å²) < 4.78 is 0.695. The Bertz CT molecular complexity index is 601. The fraction of sp³-hybridized carbons (Fsp3) is 0.500. The summed E-state index contributed by atoms with van der Waals surface area (Å²) >= 11 is 0. The number of piperazine rings is 1. The molecule has 2 amide bonds. The maximum absolute atomic E-state index is 12.3. The Morgan fingerprint density at radius 2 is 1.88 bits per heavy atom. The highest BCUT2D eigenvalue weighted by Gasteiger charge is 2.29. The van der Waals surface area contributed by atoms with Crippen molar-refractivity contribution in [2.24, 2.45) is 0 Å². The van der Waals surface area contributed by atoms with Gasteiger partial charge >= 0.3 is 0 Å². The van der Waals surface area contributed by atoms with Gasteiger partial charge in [-0.15, -0.1) is 0 Å². The van der Waals surface area contributed by atoms with Crippen molar-refractivity contribution >= 4 is 23.2 Å². The summed E-state index contributed by atoms with van der Waals surface area (Å²) in [4.78, 5) is 25.5. The summed E-state index contributed by atoms with van der Waals surface area (Å²) in [7, 11) is 4.16. The van der Waals surface area contributed by atoms with Crippen molar-refractivity contribution in [1.29, 1.82) is 0 Å². The van der Waals surface area contributed by atoms with Crippen molar-refractivity contribution in [1.82, 2.24) is 4.90 Å². The Hall–Kier alpha value is -1.83. The van der Waals surface area contributed by atoms with E-state index in [9.17, 15) is 14.7 Å². The predicted molar refractivity (Wildman–Crippen MR) is 89.3 cm³/mol. The van der Waals surface area contributed by atoms with Crippen molar-refractivity contribution in [2.45, 2.75) is 6.92 Å². The molecule has 7 nitrogen and oxygen atoms in total. The molecule has 1 heterocycles. The van der Waals surface area contributed by atoms with E-state index in [0.717, 1.165) is 26.2 Å². The number of hydrogen-bond acceptors (Lipinski definition) is 4. The molecule has 134 valence electrons. The molecule has 0 spiro atoms. The topological polar surface area (TPSA) is 81.7 Å². The van der Waals surface area contributed by atoms with Crippen LogP contribution in [0.4, 0.5) is 11.4 Å².